The number of nitrogens with zero attached hydrogens (tertiary/aromatic N) is 2. The maximum atomic E-state index is 10.7. The van der Waals surface area contributed by atoms with Crippen LogP contribution in [0, 0.1) is 0 Å². The fourth-order valence-electron chi connectivity index (χ4n) is 0.471. The van der Waals surface area contributed by atoms with Gasteiger partial charge in [-0.15, -0.1) is 0 Å². The van der Waals surface area contributed by atoms with Crippen LogP contribution in [0.25, 0.3) is 0 Å². The Balaban J connectivity index is 3.14. The average molecular weight is 175 g/mol. The lowest BCUT2D eigenvalue weighted by atomic mass is 10.8. The number of rotatable bonds is 2. The molecule has 0 saturated heterocycles. The molecule has 1 heterocycles. The van der Waals surface area contributed by atoms with E-state index >= 15 is 0 Å². The van der Waals surface area contributed by atoms with Gasteiger partial charge in [0.25, 0.3) is 10.0 Å². The van der Waals surface area contributed by atoms with E-state index < -0.39 is 10.0 Å². The molecule has 0 aromatic carbocycles. The van der Waals surface area contributed by atoms with Gasteiger partial charge in [0.15, 0.2) is 5.03 Å². The number of nitrogens with one attached hydrogen (secondary N) is 1. The predicted molar refractivity (Wildman–Crippen MR) is 34.1 cm³/mol. The smallest absolute Gasteiger partial charge is 0.281 e. The summed E-state index contributed by atoms with van der Waals surface area (Å²) in [6.45, 7) is 0. The van der Waals surface area contributed by atoms with E-state index in [1.54, 1.807) is 0 Å². The van der Waals surface area contributed by atoms with Crippen LogP contribution in [0.4, 0.5) is 0 Å². The van der Waals surface area contributed by atoms with Gasteiger partial charge in [0.2, 0.25) is 0 Å². The first-order valence-electron chi connectivity index (χ1n) is 2.59. The van der Waals surface area contributed by atoms with Crippen molar-refractivity contribution in [2.75, 3.05) is 0 Å². The van der Waals surface area contributed by atoms with Gasteiger partial charge in [0, 0.05) is 12.4 Å². The van der Waals surface area contributed by atoms with Gasteiger partial charge in [-0.25, -0.2) is 13.4 Å². The maximum Gasteiger partial charge on any atom is 0.281 e. The summed E-state index contributed by atoms with van der Waals surface area (Å²) in [7, 11) is -3.87. The van der Waals surface area contributed by atoms with Crippen molar-refractivity contribution in [3.63, 3.8) is 0 Å². The van der Waals surface area contributed by atoms with Crippen LogP contribution < -0.4 is 4.89 Å². The molecular weight excluding hydrogens is 170 g/mol. The molecule has 0 atom stereocenters. The molecule has 60 valence electrons. The fourth-order valence-corrected chi connectivity index (χ4v) is 0.964. The Hall–Kier alpha value is -1.05. The van der Waals surface area contributed by atoms with Gasteiger partial charge >= 0.3 is 0 Å². The Morgan fingerprint density at radius 3 is 2.64 bits per heavy atom. The molecule has 6 nitrogen and oxygen atoms in total. The summed E-state index contributed by atoms with van der Waals surface area (Å²) in [5.74, 6) is 0. The van der Waals surface area contributed by atoms with E-state index in [0.717, 1.165) is 11.1 Å². The maximum absolute atomic E-state index is 10.7. The van der Waals surface area contributed by atoms with Crippen molar-refractivity contribution >= 4 is 10.0 Å². The number of aromatic nitrogens is 2. The van der Waals surface area contributed by atoms with Gasteiger partial charge in [0.05, 0.1) is 6.20 Å². The largest absolute Gasteiger partial charge is 0.302 e. The highest BCUT2D eigenvalue weighted by atomic mass is 32.2. The standard InChI is InChI=1S/C4H5N3O3S/c8-7-11(9,10)4-3-5-1-2-6-4/h1-3,7-8H. The van der Waals surface area contributed by atoms with E-state index in [9.17, 15) is 8.42 Å². The van der Waals surface area contributed by atoms with Crippen molar-refractivity contribution in [3.05, 3.63) is 18.6 Å². The normalized spacial score (nSPS) is 11.4. The third-order valence-electron chi connectivity index (χ3n) is 0.935. The summed E-state index contributed by atoms with van der Waals surface area (Å²) in [5.41, 5.74) is 0. The van der Waals surface area contributed by atoms with Crippen LogP contribution in [0.15, 0.2) is 23.6 Å². The highest BCUT2D eigenvalue weighted by Gasteiger charge is 2.12. The Bertz CT molecular complexity index is 322. The minimum atomic E-state index is -3.87. The zero-order chi connectivity index (χ0) is 8.32. The molecule has 0 fully saturated rings. The molecule has 0 bridgehead atoms. The number of hydrogen-bond donors (Lipinski definition) is 2. The second kappa shape index (κ2) is 2.91. The molecule has 0 aliphatic heterocycles. The topological polar surface area (TPSA) is 92.2 Å². The number of hydrogen-bond acceptors (Lipinski definition) is 5. The van der Waals surface area contributed by atoms with Crippen molar-refractivity contribution < 1.29 is 13.6 Å². The first-order chi connectivity index (χ1) is 5.17. The molecule has 1 rings (SSSR count). The average Bonchev–Trinajstić information content (AvgIpc) is 2.06. The minimum Gasteiger partial charge on any atom is -0.302 e. The molecule has 1 aromatic heterocycles. The Kier molecular flexibility index (Phi) is 2.13. The van der Waals surface area contributed by atoms with Crippen LogP contribution in [-0.2, 0) is 10.0 Å². The highest BCUT2D eigenvalue weighted by molar-refractivity contribution is 7.89. The van der Waals surface area contributed by atoms with E-state index in [0.29, 0.717) is 0 Å². The van der Waals surface area contributed by atoms with Crippen LogP contribution in [0.2, 0.25) is 0 Å². The molecule has 0 saturated carbocycles. The molecule has 11 heavy (non-hydrogen) atoms. The van der Waals surface area contributed by atoms with Crippen molar-refractivity contribution in [1.82, 2.24) is 14.9 Å². The fraction of sp³-hybridized carbons (Fsp3) is 0. The lowest BCUT2D eigenvalue weighted by molar-refractivity contribution is 0.242. The van der Waals surface area contributed by atoms with Crippen LogP contribution >= 0.6 is 0 Å². The molecule has 0 unspecified atom stereocenters. The van der Waals surface area contributed by atoms with Crippen molar-refractivity contribution in [1.29, 1.82) is 0 Å². The first kappa shape index (κ1) is 8.05. The number of sulfonamides is 1. The van der Waals surface area contributed by atoms with Crippen molar-refractivity contribution in [2.45, 2.75) is 5.03 Å². The third-order valence-corrected chi connectivity index (χ3v) is 1.94. The monoisotopic (exact) mass is 175 g/mol. The van der Waals surface area contributed by atoms with Gasteiger partial charge in [-0.3, -0.25) is 4.98 Å². The summed E-state index contributed by atoms with van der Waals surface area (Å²) in [4.78, 5) is 8.08. The molecule has 0 radical (unpaired) electrons. The van der Waals surface area contributed by atoms with E-state index in [1.807, 2.05) is 0 Å². The van der Waals surface area contributed by atoms with Crippen LogP contribution in [0.1, 0.15) is 0 Å². The summed E-state index contributed by atoms with van der Waals surface area (Å²) in [5, 5.41) is 7.82. The second-order valence-electron chi connectivity index (χ2n) is 1.64. The molecule has 0 aliphatic carbocycles. The molecular formula is C4H5N3O3S. The summed E-state index contributed by atoms with van der Waals surface area (Å²) in [6.07, 6.45) is 3.57. The lowest BCUT2D eigenvalue weighted by Crippen LogP contribution is -2.20. The van der Waals surface area contributed by atoms with Gasteiger partial charge in [0.1, 0.15) is 0 Å². The van der Waals surface area contributed by atoms with E-state index in [4.69, 9.17) is 5.21 Å². The molecule has 2 N–H and O–H groups in total. The SMILES string of the molecule is O=S(=O)(NO)c1cnccn1. The zero-order valence-corrected chi connectivity index (χ0v) is 6.11. The quantitative estimate of drug-likeness (QED) is 0.571. The summed E-state index contributed by atoms with van der Waals surface area (Å²) >= 11 is 0. The van der Waals surface area contributed by atoms with Crippen molar-refractivity contribution in [2.24, 2.45) is 0 Å². The molecule has 7 heteroatoms. The Morgan fingerprint density at radius 1 is 1.45 bits per heavy atom. The molecule has 0 aliphatic rings. The van der Waals surface area contributed by atoms with E-state index in [1.165, 1.54) is 12.4 Å². The Labute approximate surface area is 62.9 Å². The van der Waals surface area contributed by atoms with E-state index in [-0.39, 0.29) is 5.03 Å². The first-order valence-corrected chi connectivity index (χ1v) is 4.07. The zero-order valence-electron chi connectivity index (χ0n) is 5.30. The van der Waals surface area contributed by atoms with Crippen LogP contribution in [0.3, 0.4) is 0 Å². The van der Waals surface area contributed by atoms with E-state index in [2.05, 4.69) is 9.97 Å². The van der Waals surface area contributed by atoms with Crippen molar-refractivity contribution in [3.8, 4) is 0 Å². The molecule has 0 amide bonds. The third kappa shape index (κ3) is 1.70. The van der Waals surface area contributed by atoms with Gasteiger partial charge in [-0.1, -0.05) is 4.89 Å². The Morgan fingerprint density at radius 2 is 2.18 bits per heavy atom. The predicted octanol–water partition coefficient (Wildman–Crippen LogP) is -0.856. The van der Waals surface area contributed by atoms with Gasteiger partial charge in [-0.2, -0.15) is 0 Å². The van der Waals surface area contributed by atoms with Gasteiger partial charge < -0.3 is 5.21 Å². The van der Waals surface area contributed by atoms with Crippen LogP contribution in [-0.4, -0.2) is 23.6 Å². The second-order valence-corrected chi connectivity index (χ2v) is 3.25. The molecule has 1 aromatic rings. The summed E-state index contributed by atoms with van der Waals surface area (Å²) in [6, 6.07) is 0. The van der Waals surface area contributed by atoms with Gasteiger partial charge in [-0.05, 0) is 0 Å². The minimum absolute atomic E-state index is 0.317. The van der Waals surface area contributed by atoms with Crippen LogP contribution in [0.5, 0.6) is 0 Å². The molecule has 0 spiro atoms. The lowest BCUT2D eigenvalue weighted by Gasteiger charge is -1.96. The highest BCUT2D eigenvalue weighted by Crippen LogP contribution is 1.98. The summed E-state index contributed by atoms with van der Waals surface area (Å²) < 4.78 is 21.5.